The molecule has 2 saturated heterocycles. The normalized spacial score (nSPS) is 36.1. The van der Waals surface area contributed by atoms with E-state index in [1.807, 2.05) is 20.8 Å². The summed E-state index contributed by atoms with van der Waals surface area (Å²) in [5, 5.41) is 0. The molecule has 0 aliphatic carbocycles. The molecule has 2 aliphatic rings. The lowest BCUT2D eigenvalue weighted by atomic mass is 9.79. The molecule has 96 valence electrons. The molecule has 5 nitrogen and oxygen atoms in total. The zero-order valence-electron chi connectivity index (χ0n) is 10.6. The number of cyclic esters (lactones) is 3. The summed E-state index contributed by atoms with van der Waals surface area (Å²) in [7, 11) is 0. The fourth-order valence-corrected chi connectivity index (χ4v) is 2.21. The highest BCUT2D eigenvalue weighted by atomic mass is 16.6. The average molecular weight is 242 g/mol. The fraction of sp³-hybridized carbons (Fsp3) is 0.750. The first kappa shape index (κ1) is 13.7. The third kappa shape index (κ3) is 2.33. The van der Waals surface area contributed by atoms with Crippen molar-refractivity contribution >= 4 is 17.9 Å². The van der Waals surface area contributed by atoms with Crippen LogP contribution in [0.4, 0.5) is 0 Å². The van der Waals surface area contributed by atoms with E-state index in [2.05, 4.69) is 4.74 Å². The van der Waals surface area contributed by atoms with E-state index in [-0.39, 0.29) is 5.92 Å². The predicted octanol–water partition coefficient (Wildman–Crippen LogP) is 1.16. The van der Waals surface area contributed by atoms with Gasteiger partial charge >= 0.3 is 17.9 Å². The fourth-order valence-electron chi connectivity index (χ4n) is 2.21. The number of hydrogen-bond acceptors (Lipinski definition) is 5. The first-order chi connectivity index (χ1) is 8.02. The number of ether oxygens (including phenoxy) is 2. The van der Waals surface area contributed by atoms with Crippen LogP contribution in [-0.2, 0) is 23.9 Å². The van der Waals surface area contributed by atoms with Crippen LogP contribution in [0, 0.1) is 23.7 Å². The van der Waals surface area contributed by atoms with Crippen molar-refractivity contribution in [2.75, 3.05) is 6.61 Å². The summed E-state index contributed by atoms with van der Waals surface area (Å²) in [6.45, 7) is 7.75. The van der Waals surface area contributed by atoms with E-state index in [0.29, 0.717) is 6.61 Å². The Morgan fingerprint density at radius 2 is 1.53 bits per heavy atom. The molecule has 2 aliphatic heterocycles. The number of carbonyl (C=O) groups excluding carboxylic acids is 3. The van der Waals surface area contributed by atoms with Crippen LogP contribution in [0.25, 0.3) is 0 Å². The molecule has 0 N–H and O–H groups in total. The van der Waals surface area contributed by atoms with Crippen LogP contribution in [0.3, 0.4) is 0 Å². The molecule has 2 heterocycles. The van der Waals surface area contributed by atoms with Gasteiger partial charge in [-0.15, -0.1) is 0 Å². The highest BCUT2D eigenvalue weighted by molar-refractivity contribution is 5.98. The highest BCUT2D eigenvalue weighted by Crippen LogP contribution is 2.37. The van der Waals surface area contributed by atoms with Crippen LogP contribution in [0.15, 0.2) is 0 Å². The quantitative estimate of drug-likeness (QED) is 0.509. The van der Waals surface area contributed by atoms with E-state index >= 15 is 0 Å². The van der Waals surface area contributed by atoms with E-state index in [0.717, 1.165) is 0 Å². The van der Waals surface area contributed by atoms with Gasteiger partial charge in [0.05, 0.1) is 24.4 Å². The molecule has 4 atom stereocenters. The van der Waals surface area contributed by atoms with Gasteiger partial charge in [-0.25, -0.2) is 0 Å². The topological polar surface area (TPSA) is 69.7 Å². The maximum absolute atomic E-state index is 11.4. The smallest absolute Gasteiger partial charge is 0.318 e. The lowest BCUT2D eigenvalue weighted by Gasteiger charge is -2.16. The van der Waals surface area contributed by atoms with E-state index in [1.165, 1.54) is 0 Å². The SMILES string of the molecule is CC.CC1COC(=O)C1C1C(=O)OC(=O)C1C. The van der Waals surface area contributed by atoms with Gasteiger partial charge in [0.1, 0.15) is 0 Å². The van der Waals surface area contributed by atoms with Gasteiger partial charge in [-0.05, 0) is 0 Å². The van der Waals surface area contributed by atoms with Crippen molar-refractivity contribution < 1.29 is 23.9 Å². The van der Waals surface area contributed by atoms with E-state index < -0.39 is 35.7 Å². The largest absolute Gasteiger partial charge is 0.465 e. The Morgan fingerprint density at radius 1 is 0.941 bits per heavy atom. The van der Waals surface area contributed by atoms with E-state index in [1.54, 1.807) is 6.92 Å². The maximum atomic E-state index is 11.4. The summed E-state index contributed by atoms with van der Waals surface area (Å²) in [4.78, 5) is 34.0. The van der Waals surface area contributed by atoms with Crippen LogP contribution >= 0.6 is 0 Å². The molecule has 0 aromatic carbocycles. The van der Waals surface area contributed by atoms with Crippen molar-refractivity contribution in [1.82, 2.24) is 0 Å². The van der Waals surface area contributed by atoms with Crippen molar-refractivity contribution in [2.45, 2.75) is 27.7 Å². The van der Waals surface area contributed by atoms with Gasteiger partial charge in [-0.2, -0.15) is 0 Å². The van der Waals surface area contributed by atoms with Gasteiger partial charge in [0, 0.05) is 5.92 Å². The second-order valence-electron chi connectivity index (χ2n) is 4.19. The summed E-state index contributed by atoms with van der Waals surface area (Å²) in [6, 6.07) is 0. The average Bonchev–Trinajstić information content (AvgIpc) is 2.74. The Hall–Kier alpha value is -1.39. The summed E-state index contributed by atoms with van der Waals surface area (Å²) >= 11 is 0. The molecule has 5 heteroatoms. The Bertz CT molecular complexity index is 336. The molecular formula is C12H18O5. The van der Waals surface area contributed by atoms with Crippen LogP contribution in [0.1, 0.15) is 27.7 Å². The molecule has 2 rings (SSSR count). The van der Waals surface area contributed by atoms with Crippen LogP contribution < -0.4 is 0 Å². The minimum absolute atomic E-state index is 0.0385. The molecule has 0 amide bonds. The summed E-state index contributed by atoms with van der Waals surface area (Å²) in [6.07, 6.45) is 0. The van der Waals surface area contributed by atoms with Gasteiger partial charge < -0.3 is 9.47 Å². The molecule has 0 spiro atoms. The van der Waals surface area contributed by atoms with Crippen molar-refractivity contribution in [2.24, 2.45) is 23.7 Å². The molecular weight excluding hydrogens is 224 g/mol. The molecule has 4 unspecified atom stereocenters. The lowest BCUT2D eigenvalue weighted by Crippen LogP contribution is -2.31. The number of rotatable bonds is 1. The minimum atomic E-state index is -0.664. The summed E-state index contributed by atoms with van der Waals surface area (Å²) in [5.74, 6) is -3.31. The van der Waals surface area contributed by atoms with Gasteiger partial charge in [0.25, 0.3) is 0 Å². The van der Waals surface area contributed by atoms with Crippen LogP contribution in [-0.4, -0.2) is 24.5 Å². The Kier molecular flexibility index (Phi) is 4.26. The Labute approximate surface area is 100 Å². The molecule has 17 heavy (non-hydrogen) atoms. The highest BCUT2D eigenvalue weighted by Gasteiger charge is 2.52. The van der Waals surface area contributed by atoms with Gasteiger partial charge in [0.2, 0.25) is 0 Å². The third-order valence-electron chi connectivity index (χ3n) is 3.14. The monoisotopic (exact) mass is 242 g/mol. The van der Waals surface area contributed by atoms with Crippen molar-refractivity contribution in [3.63, 3.8) is 0 Å². The van der Waals surface area contributed by atoms with Crippen molar-refractivity contribution in [1.29, 1.82) is 0 Å². The second-order valence-corrected chi connectivity index (χ2v) is 4.19. The molecule has 0 aromatic heterocycles. The van der Waals surface area contributed by atoms with Crippen molar-refractivity contribution in [3.05, 3.63) is 0 Å². The summed E-state index contributed by atoms with van der Waals surface area (Å²) in [5.41, 5.74) is 0. The van der Waals surface area contributed by atoms with Crippen LogP contribution in [0.2, 0.25) is 0 Å². The second kappa shape index (κ2) is 5.29. The molecule has 0 radical (unpaired) electrons. The van der Waals surface area contributed by atoms with Crippen molar-refractivity contribution in [3.8, 4) is 0 Å². The molecule has 0 aromatic rings. The minimum Gasteiger partial charge on any atom is -0.465 e. The van der Waals surface area contributed by atoms with E-state index in [9.17, 15) is 14.4 Å². The molecule has 0 bridgehead atoms. The number of esters is 3. The molecule has 0 saturated carbocycles. The lowest BCUT2D eigenvalue weighted by molar-refractivity contribution is -0.156. The maximum Gasteiger partial charge on any atom is 0.318 e. The van der Waals surface area contributed by atoms with Crippen LogP contribution in [0.5, 0.6) is 0 Å². The third-order valence-corrected chi connectivity index (χ3v) is 3.14. The summed E-state index contributed by atoms with van der Waals surface area (Å²) < 4.78 is 9.37. The van der Waals surface area contributed by atoms with Gasteiger partial charge in [0.15, 0.2) is 0 Å². The predicted molar refractivity (Wildman–Crippen MR) is 58.7 cm³/mol. The Balaban J connectivity index is 0.000000686. The standard InChI is InChI=1S/C10H12O5.C2H6/c1-4-3-14-9(12)6(4)7-5(2)8(11)15-10(7)13;1-2/h4-7H,3H2,1-2H3;1-2H3. The zero-order valence-corrected chi connectivity index (χ0v) is 10.6. The first-order valence-electron chi connectivity index (χ1n) is 5.94. The first-order valence-corrected chi connectivity index (χ1v) is 5.94. The number of hydrogen-bond donors (Lipinski definition) is 0. The number of carbonyl (C=O) groups is 3. The molecule has 2 fully saturated rings. The van der Waals surface area contributed by atoms with Gasteiger partial charge in [-0.1, -0.05) is 27.7 Å². The van der Waals surface area contributed by atoms with Gasteiger partial charge in [-0.3, -0.25) is 14.4 Å². The van der Waals surface area contributed by atoms with E-state index in [4.69, 9.17) is 4.74 Å². The Morgan fingerprint density at radius 3 is 1.88 bits per heavy atom. The zero-order chi connectivity index (χ0) is 13.2.